The maximum absolute atomic E-state index is 6.25. The van der Waals surface area contributed by atoms with Crippen molar-refractivity contribution in [2.24, 2.45) is 16.6 Å². The number of rotatable bonds is 3. The number of hydrogen-bond acceptors (Lipinski definition) is 2. The van der Waals surface area contributed by atoms with Gasteiger partial charge in [0.15, 0.2) is 5.96 Å². The summed E-state index contributed by atoms with van der Waals surface area (Å²) < 4.78 is 5.50. The van der Waals surface area contributed by atoms with Gasteiger partial charge in [-0.3, -0.25) is 0 Å². The maximum atomic E-state index is 6.25. The van der Waals surface area contributed by atoms with Crippen molar-refractivity contribution in [3.8, 4) is 5.75 Å². The minimum atomic E-state index is 0. The van der Waals surface area contributed by atoms with Gasteiger partial charge in [0.2, 0.25) is 0 Å². The summed E-state index contributed by atoms with van der Waals surface area (Å²) in [6.07, 6.45) is 3.47. The van der Waals surface area contributed by atoms with Gasteiger partial charge in [-0.2, -0.15) is 0 Å². The summed E-state index contributed by atoms with van der Waals surface area (Å²) in [5, 5.41) is 0. The molecular weight excluding hydrogens is 401 g/mol. The van der Waals surface area contributed by atoms with Crippen molar-refractivity contribution in [3.05, 3.63) is 29.8 Å². The van der Waals surface area contributed by atoms with E-state index in [0.29, 0.717) is 0 Å². The van der Waals surface area contributed by atoms with E-state index >= 15 is 0 Å². The Morgan fingerprint density at radius 3 is 2.61 bits per heavy atom. The highest BCUT2D eigenvalue weighted by Gasteiger charge is 2.53. The van der Waals surface area contributed by atoms with Gasteiger partial charge in [-0.15, -0.1) is 24.0 Å². The number of ether oxygens (including phenoxy) is 1. The normalized spacial score (nSPS) is 28.2. The Morgan fingerprint density at radius 1 is 1.30 bits per heavy atom. The first-order valence-electron chi connectivity index (χ1n) is 8.26. The number of methoxy groups -OCH3 is 1. The van der Waals surface area contributed by atoms with Gasteiger partial charge in [0, 0.05) is 24.1 Å². The van der Waals surface area contributed by atoms with E-state index in [2.05, 4.69) is 30.9 Å². The molecule has 1 aromatic rings. The van der Waals surface area contributed by atoms with Gasteiger partial charge in [-0.05, 0) is 31.2 Å². The molecule has 0 amide bonds. The first-order chi connectivity index (χ1) is 10.5. The summed E-state index contributed by atoms with van der Waals surface area (Å²) >= 11 is 0. The molecule has 1 heterocycles. The Bertz CT molecular complexity index is 569. The number of nitrogens with zero attached hydrogens (tertiary/aromatic N) is 2. The van der Waals surface area contributed by atoms with E-state index in [1.54, 1.807) is 7.11 Å². The molecule has 0 radical (unpaired) electrons. The summed E-state index contributed by atoms with van der Waals surface area (Å²) in [4.78, 5) is 7.04. The number of benzene rings is 1. The Morgan fingerprint density at radius 2 is 1.96 bits per heavy atom. The van der Waals surface area contributed by atoms with Crippen LogP contribution in [-0.4, -0.2) is 37.1 Å². The van der Waals surface area contributed by atoms with Crippen LogP contribution in [0, 0.1) is 5.92 Å². The third-order valence-corrected chi connectivity index (χ3v) is 5.31. The predicted molar refractivity (Wildman–Crippen MR) is 106 cm³/mol. The molecule has 1 saturated carbocycles. The molecule has 0 spiro atoms. The molecule has 2 fully saturated rings. The van der Waals surface area contributed by atoms with Crippen LogP contribution in [0.2, 0.25) is 0 Å². The fourth-order valence-corrected chi connectivity index (χ4v) is 3.42. The van der Waals surface area contributed by atoms with Crippen LogP contribution in [0.1, 0.15) is 38.7 Å². The SMILES string of the molecule is COc1ccccc1C1(C)CC1N=C(N)N1CCC(C)CC1.I. The fraction of sp³-hybridized carbons (Fsp3) is 0.611. The summed E-state index contributed by atoms with van der Waals surface area (Å²) in [7, 11) is 1.73. The minimum Gasteiger partial charge on any atom is -0.496 e. The van der Waals surface area contributed by atoms with Gasteiger partial charge in [0.25, 0.3) is 0 Å². The van der Waals surface area contributed by atoms with E-state index in [1.165, 1.54) is 18.4 Å². The van der Waals surface area contributed by atoms with Gasteiger partial charge < -0.3 is 15.4 Å². The van der Waals surface area contributed by atoms with Crippen molar-refractivity contribution in [2.75, 3.05) is 20.2 Å². The molecule has 0 bridgehead atoms. The Balaban J connectivity index is 0.00000192. The highest BCUT2D eigenvalue weighted by atomic mass is 127. The molecule has 2 unspecified atom stereocenters. The summed E-state index contributed by atoms with van der Waals surface area (Å²) in [6, 6.07) is 8.51. The lowest BCUT2D eigenvalue weighted by atomic mass is 9.96. The van der Waals surface area contributed by atoms with E-state index in [1.807, 2.05) is 12.1 Å². The molecule has 1 saturated heterocycles. The fourth-order valence-electron chi connectivity index (χ4n) is 3.42. The number of hydrogen-bond donors (Lipinski definition) is 1. The van der Waals surface area contributed by atoms with Gasteiger partial charge in [-0.25, -0.2) is 4.99 Å². The first-order valence-corrected chi connectivity index (χ1v) is 8.26. The molecule has 1 aliphatic carbocycles. The quantitative estimate of drug-likeness (QED) is 0.455. The zero-order valence-corrected chi connectivity index (χ0v) is 16.6. The molecule has 0 aromatic heterocycles. The highest BCUT2D eigenvalue weighted by Crippen LogP contribution is 2.53. The van der Waals surface area contributed by atoms with Crippen molar-refractivity contribution in [1.29, 1.82) is 0 Å². The van der Waals surface area contributed by atoms with Crippen LogP contribution in [0.15, 0.2) is 29.3 Å². The third-order valence-electron chi connectivity index (χ3n) is 5.31. The van der Waals surface area contributed by atoms with Crippen LogP contribution in [0.5, 0.6) is 5.75 Å². The number of likely N-dealkylation sites (tertiary alicyclic amines) is 1. The molecule has 128 valence electrons. The Hall–Kier alpha value is -0.980. The topological polar surface area (TPSA) is 50.9 Å². The van der Waals surface area contributed by atoms with Crippen molar-refractivity contribution >= 4 is 29.9 Å². The van der Waals surface area contributed by atoms with E-state index in [0.717, 1.165) is 37.1 Å². The summed E-state index contributed by atoms with van der Waals surface area (Å²) in [5.74, 6) is 2.48. The minimum absolute atomic E-state index is 0. The van der Waals surface area contributed by atoms with Crippen LogP contribution in [0.4, 0.5) is 0 Å². The molecule has 23 heavy (non-hydrogen) atoms. The van der Waals surface area contributed by atoms with E-state index in [9.17, 15) is 0 Å². The second kappa shape index (κ2) is 7.28. The molecule has 1 aromatic carbocycles. The van der Waals surface area contributed by atoms with Gasteiger partial charge in [0.1, 0.15) is 5.75 Å². The van der Waals surface area contributed by atoms with Crippen molar-refractivity contribution in [1.82, 2.24) is 4.90 Å². The molecule has 1 aliphatic heterocycles. The first kappa shape index (κ1) is 18.4. The van der Waals surface area contributed by atoms with E-state index in [4.69, 9.17) is 15.5 Å². The molecule has 3 rings (SSSR count). The number of para-hydroxylation sites is 1. The Labute approximate surface area is 156 Å². The number of nitrogens with two attached hydrogens (primary N) is 1. The predicted octanol–water partition coefficient (Wildman–Crippen LogP) is 3.39. The molecule has 2 atom stereocenters. The molecule has 5 heteroatoms. The van der Waals surface area contributed by atoms with Crippen molar-refractivity contribution < 1.29 is 4.74 Å². The smallest absolute Gasteiger partial charge is 0.191 e. The average molecular weight is 429 g/mol. The number of guanidine groups is 1. The molecular formula is C18H28IN3O. The standard InChI is InChI=1S/C18H27N3O.HI/c1-13-8-10-21(11-9-13)17(19)20-16-12-18(16,2)14-6-4-5-7-15(14)22-3;/h4-7,13,16H,8-12H2,1-3H3,(H2,19,20);1H. The van der Waals surface area contributed by atoms with Gasteiger partial charge >= 0.3 is 0 Å². The van der Waals surface area contributed by atoms with E-state index < -0.39 is 0 Å². The Kier molecular flexibility index (Phi) is 5.81. The second-order valence-corrected chi connectivity index (χ2v) is 6.99. The van der Waals surface area contributed by atoms with Gasteiger partial charge in [0.05, 0.1) is 13.2 Å². The lowest BCUT2D eigenvalue weighted by Gasteiger charge is -2.31. The van der Waals surface area contributed by atoms with Crippen LogP contribution >= 0.6 is 24.0 Å². The van der Waals surface area contributed by atoms with Crippen LogP contribution in [-0.2, 0) is 5.41 Å². The summed E-state index contributed by atoms with van der Waals surface area (Å²) in [6.45, 7) is 6.64. The van der Waals surface area contributed by atoms with Crippen LogP contribution < -0.4 is 10.5 Å². The lowest BCUT2D eigenvalue weighted by molar-refractivity contribution is 0.277. The number of aliphatic imine (C=N–C) groups is 1. The van der Waals surface area contributed by atoms with Crippen molar-refractivity contribution in [2.45, 2.75) is 44.6 Å². The lowest BCUT2D eigenvalue weighted by Crippen LogP contribution is -2.42. The van der Waals surface area contributed by atoms with Crippen LogP contribution in [0.25, 0.3) is 0 Å². The van der Waals surface area contributed by atoms with Crippen LogP contribution in [0.3, 0.4) is 0 Å². The highest BCUT2D eigenvalue weighted by molar-refractivity contribution is 14.0. The molecule has 4 nitrogen and oxygen atoms in total. The van der Waals surface area contributed by atoms with Crippen molar-refractivity contribution in [3.63, 3.8) is 0 Å². The zero-order valence-electron chi connectivity index (χ0n) is 14.3. The number of piperidine rings is 1. The summed E-state index contributed by atoms with van der Waals surface area (Å²) in [5.41, 5.74) is 7.55. The maximum Gasteiger partial charge on any atom is 0.191 e. The van der Waals surface area contributed by atoms with E-state index in [-0.39, 0.29) is 35.4 Å². The molecule has 2 aliphatic rings. The second-order valence-electron chi connectivity index (χ2n) is 6.99. The monoisotopic (exact) mass is 429 g/mol. The largest absolute Gasteiger partial charge is 0.496 e. The third kappa shape index (κ3) is 3.75. The van der Waals surface area contributed by atoms with Gasteiger partial charge in [-0.1, -0.05) is 32.0 Å². The number of halogens is 1. The average Bonchev–Trinajstić information content (AvgIpc) is 3.19. The molecule has 2 N–H and O–H groups in total. The zero-order chi connectivity index (χ0) is 15.7.